The van der Waals surface area contributed by atoms with E-state index in [0.29, 0.717) is 6.54 Å². The van der Waals surface area contributed by atoms with E-state index in [-0.39, 0.29) is 18.3 Å². The molecule has 2 N–H and O–H groups in total. The highest BCUT2D eigenvalue weighted by Gasteiger charge is 2.33. The van der Waals surface area contributed by atoms with E-state index in [1.54, 1.807) is 0 Å². The standard InChI is InChI=1S/C16H25N3O.ClH/c1-4-9-16(2,17)15(20)19-11-10-18(3)14-8-6-5-7-13(14)12-19;/h5-8H,4,9-12,17H2,1-3H3;1H. The first-order chi connectivity index (χ1) is 9.45. The van der Waals surface area contributed by atoms with Crippen LogP contribution in [0.2, 0.25) is 0 Å². The van der Waals surface area contributed by atoms with Crippen molar-refractivity contribution in [2.75, 3.05) is 25.0 Å². The van der Waals surface area contributed by atoms with Crippen molar-refractivity contribution in [3.8, 4) is 0 Å². The van der Waals surface area contributed by atoms with Crippen LogP contribution in [-0.4, -0.2) is 36.5 Å². The Labute approximate surface area is 133 Å². The maximum Gasteiger partial charge on any atom is 0.242 e. The normalized spacial score (nSPS) is 17.3. The van der Waals surface area contributed by atoms with E-state index in [1.807, 2.05) is 24.0 Å². The summed E-state index contributed by atoms with van der Waals surface area (Å²) in [6.45, 7) is 6.12. The number of likely N-dealkylation sites (N-methyl/N-ethyl adjacent to an activating group) is 1. The molecule has 0 radical (unpaired) electrons. The molecule has 0 saturated carbocycles. The van der Waals surface area contributed by atoms with Gasteiger partial charge in [0.05, 0.1) is 5.54 Å². The van der Waals surface area contributed by atoms with E-state index in [1.165, 1.54) is 11.3 Å². The molecule has 0 aliphatic carbocycles. The van der Waals surface area contributed by atoms with Crippen LogP contribution in [0.4, 0.5) is 5.69 Å². The first-order valence-electron chi connectivity index (χ1n) is 7.33. The molecule has 1 heterocycles. The molecule has 2 rings (SSSR count). The Bertz CT molecular complexity index is 490. The summed E-state index contributed by atoms with van der Waals surface area (Å²) in [6.07, 6.45) is 1.64. The molecule has 21 heavy (non-hydrogen) atoms. The highest BCUT2D eigenvalue weighted by molar-refractivity contribution is 5.86. The summed E-state index contributed by atoms with van der Waals surface area (Å²) in [5.41, 5.74) is 7.84. The molecule has 0 saturated heterocycles. The monoisotopic (exact) mass is 311 g/mol. The number of anilines is 1. The Balaban J connectivity index is 0.00000220. The average molecular weight is 312 g/mol. The van der Waals surface area contributed by atoms with Crippen LogP contribution in [0.15, 0.2) is 24.3 Å². The van der Waals surface area contributed by atoms with Gasteiger partial charge in [0, 0.05) is 32.4 Å². The van der Waals surface area contributed by atoms with Gasteiger partial charge in [-0.1, -0.05) is 31.5 Å². The number of benzene rings is 1. The maximum absolute atomic E-state index is 12.7. The minimum atomic E-state index is -0.757. The lowest BCUT2D eigenvalue weighted by Crippen LogP contribution is -2.53. The summed E-state index contributed by atoms with van der Waals surface area (Å²) in [4.78, 5) is 16.8. The molecule has 0 aromatic heterocycles. The molecule has 1 aromatic carbocycles. The van der Waals surface area contributed by atoms with E-state index in [9.17, 15) is 4.79 Å². The number of fused-ring (bicyclic) bond motifs is 1. The van der Waals surface area contributed by atoms with Gasteiger partial charge in [-0.15, -0.1) is 12.4 Å². The third-order valence-electron chi connectivity index (χ3n) is 4.01. The van der Waals surface area contributed by atoms with Gasteiger partial charge < -0.3 is 15.5 Å². The number of amides is 1. The van der Waals surface area contributed by atoms with Crippen LogP contribution in [-0.2, 0) is 11.3 Å². The summed E-state index contributed by atoms with van der Waals surface area (Å²) in [6, 6.07) is 8.26. The highest BCUT2D eigenvalue weighted by atomic mass is 35.5. The molecule has 118 valence electrons. The largest absolute Gasteiger partial charge is 0.373 e. The number of halogens is 1. The first kappa shape index (κ1) is 17.8. The molecule has 0 fully saturated rings. The second-order valence-corrected chi connectivity index (χ2v) is 5.94. The molecule has 5 heteroatoms. The number of carbonyl (C=O) groups excluding carboxylic acids is 1. The minimum absolute atomic E-state index is 0. The summed E-state index contributed by atoms with van der Waals surface area (Å²) in [5.74, 6) is 0.0597. The number of para-hydroxylation sites is 1. The Morgan fingerprint density at radius 2 is 2.00 bits per heavy atom. The van der Waals surface area contributed by atoms with Crippen molar-refractivity contribution < 1.29 is 4.79 Å². The minimum Gasteiger partial charge on any atom is -0.373 e. The van der Waals surface area contributed by atoms with E-state index in [0.717, 1.165) is 25.9 Å². The molecular formula is C16H26ClN3O. The molecule has 4 nitrogen and oxygen atoms in total. The fourth-order valence-corrected chi connectivity index (χ4v) is 2.85. The zero-order valence-corrected chi connectivity index (χ0v) is 13.9. The van der Waals surface area contributed by atoms with Gasteiger partial charge in [-0.05, 0) is 25.0 Å². The van der Waals surface area contributed by atoms with Crippen molar-refractivity contribution in [2.45, 2.75) is 38.8 Å². The van der Waals surface area contributed by atoms with Crippen LogP contribution in [0.25, 0.3) is 0 Å². The lowest BCUT2D eigenvalue weighted by Gasteiger charge is -2.31. The van der Waals surface area contributed by atoms with Crippen LogP contribution in [0.1, 0.15) is 32.3 Å². The fourth-order valence-electron chi connectivity index (χ4n) is 2.85. The molecule has 1 aromatic rings. The summed E-state index contributed by atoms with van der Waals surface area (Å²) >= 11 is 0. The first-order valence-corrected chi connectivity index (χ1v) is 7.33. The summed E-state index contributed by atoms with van der Waals surface area (Å²) in [7, 11) is 2.07. The number of rotatable bonds is 3. The molecule has 1 aliphatic rings. The van der Waals surface area contributed by atoms with Crippen molar-refractivity contribution in [2.24, 2.45) is 5.73 Å². The highest BCUT2D eigenvalue weighted by Crippen LogP contribution is 2.25. The Kier molecular flexibility index (Phi) is 6.05. The molecule has 1 aliphatic heterocycles. The van der Waals surface area contributed by atoms with Gasteiger partial charge in [0.2, 0.25) is 5.91 Å². The Hall–Kier alpha value is -1.26. The van der Waals surface area contributed by atoms with Crippen molar-refractivity contribution in [1.29, 1.82) is 0 Å². The van der Waals surface area contributed by atoms with Crippen molar-refractivity contribution in [3.63, 3.8) is 0 Å². The number of nitrogens with two attached hydrogens (primary N) is 1. The van der Waals surface area contributed by atoms with Crippen LogP contribution >= 0.6 is 12.4 Å². The van der Waals surface area contributed by atoms with Crippen LogP contribution < -0.4 is 10.6 Å². The third-order valence-corrected chi connectivity index (χ3v) is 4.01. The predicted molar refractivity (Wildman–Crippen MR) is 89.9 cm³/mol. The van der Waals surface area contributed by atoms with Gasteiger partial charge in [0.1, 0.15) is 0 Å². The van der Waals surface area contributed by atoms with Crippen molar-refractivity contribution in [1.82, 2.24) is 4.90 Å². The SMILES string of the molecule is CCCC(C)(N)C(=O)N1CCN(C)c2ccccc2C1.Cl. The second-order valence-electron chi connectivity index (χ2n) is 5.94. The number of hydrogen-bond donors (Lipinski definition) is 1. The number of hydrogen-bond acceptors (Lipinski definition) is 3. The molecular weight excluding hydrogens is 286 g/mol. The Morgan fingerprint density at radius 3 is 2.67 bits per heavy atom. The van der Waals surface area contributed by atoms with E-state index in [2.05, 4.69) is 31.0 Å². The molecule has 0 bridgehead atoms. The summed E-state index contributed by atoms with van der Waals surface area (Å²) in [5, 5.41) is 0. The van der Waals surface area contributed by atoms with Gasteiger partial charge >= 0.3 is 0 Å². The number of nitrogens with zero attached hydrogens (tertiary/aromatic N) is 2. The smallest absolute Gasteiger partial charge is 0.242 e. The van der Waals surface area contributed by atoms with Gasteiger partial charge in [-0.3, -0.25) is 4.79 Å². The lowest BCUT2D eigenvalue weighted by atomic mass is 9.95. The van der Waals surface area contributed by atoms with E-state index in [4.69, 9.17) is 5.73 Å². The number of carbonyl (C=O) groups is 1. The quantitative estimate of drug-likeness (QED) is 0.932. The van der Waals surface area contributed by atoms with Crippen LogP contribution in [0, 0.1) is 0 Å². The molecule has 1 unspecified atom stereocenters. The van der Waals surface area contributed by atoms with Gasteiger partial charge in [0.15, 0.2) is 0 Å². The zero-order valence-electron chi connectivity index (χ0n) is 13.1. The van der Waals surface area contributed by atoms with E-state index >= 15 is 0 Å². The molecule has 1 amide bonds. The van der Waals surface area contributed by atoms with Crippen molar-refractivity contribution >= 4 is 24.0 Å². The summed E-state index contributed by atoms with van der Waals surface area (Å²) < 4.78 is 0. The second kappa shape index (κ2) is 7.14. The van der Waals surface area contributed by atoms with Gasteiger partial charge in [0.25, 0.3) is 0 Å². The third kappa shape index (κ3) is 3.89. The zero-order chi connectivity index (χ0) is 14.8. The van der Waals surface area contributed by atoms with Crippen LogP contribution in [0.5, 0.6) is 0 Å². The fraction of sp³-hybridized carbons (Fsp3) is 0.562. The van der Waals surface area contributed by atoms with Gasteiger partial charge in [-0.25, -0.2) is 0 Å². The Morgan fingerprint density at radius 1 is 1.33 bits per heavy atom. The topological polar surface area (TPSA) is 49.6 Å². The maximum atomic E-state index is 12.7. The lowest BCUT2D eigenvalue weighted by molar-refractivity contribution is -0.137. The van der Waals surface area contributed by atoms with E-state index < -0.39 is 5.54 Å². The van der Waals surface area contributed by atoms with Gasteiger partial charge in [-0.2, -0.15) is 0 Å². The average Bonchev–Trinajstić information content (AvgIpc) is 2.58. The van der Waals surface area contributed by atoms with Crippen LogP contribution in [0.3, 0.4) is 0 Å². The van der Waals surface area contributed by atoms with Crippen molar-refractivity contribution in [3.05, 3.63) is 29.8 Å². The predicted octanol–water partition coefficient (Wildman–Crippen LogP) is 2.40. The molecule has 1 atom stereocenters. The molecule has 0 spiro atoms.